The summed E-state index contributed by atoms with van der Waals surface area (Å²) in [7, 11) is 0. The molecular formula is C69H40N6O. The molecule has 9 aromatic carbocycles. The van der Waals surface area contributed by atoms with Gasteiger partial charge >= 0.3 is 0 Å². The Bertz CT molecular complexity index is 4720. The third-order valence-electron chi connectivity index (χ3n) is 15.7. The SMILES string of the molecule is c1ccc(-c2ccc3c(c2)c2cc(-c4ccccc4)nc4c5cc6c7nc(-c8ccccc8)cc8c9cc(-c%10ccccc%10)ncc9n(c6c(-c6cccc(N9c%10ccccc%10Oc%10ccccc%109)c6)c5n3c24)c87)cc1. The van der Waals surface area contributed by atoms with Gasteiger partial charge in [0, 0.05) is 60.3 Å². The minimum absolute atomic E-state index is 0.805. The van der Waals surface area contributed by atoms with Gasteiger partial charge < -0.3 is 18.4 Å². The Hall–Kier alpha value is -10.4. The monoisotopic (exact) mass is 968 g/mol. The second kappa shape index (κ2) is 15.6. The molecule has 352 valence electrons. The first-order valence-corrected chi connectivity index (χ1v) is 25.8. The fraction of sp³-hybridized carbons (Fsp3) is 0. The zero-order chi connectivity index (χ0) is 49.6. The summed E-state index contributed by atoms with van der Waals surface area (Å²) in [5.74, 6) is 1.61. The average Bonchev–Trinajstić information content (AvgIpc) is 4.28. The number of hydrogen-bond acceptors (Lipinski definition) is 5. The third kappa shape index (κ3) is 5.79. The van der Waals surface area contributed by atoms with E-state index in [4.69, 9.17) is 19.7 Å². The van der Waals surface area contributed by atoms with E-state index in [0.29, 0.717) is 0 Å². The lowest BCUT2D eigenvalue weighted by molar-refractivity contribution is 0.477. The Morgan fingerprint density at radius 2 is 0.803 bits per heavy atom. The van der Waals surface area contributed by atoms with Crippen molar-refractivity contribution in [3.63, 3.8) is 0 Å². The summed E-state index contributed by atoms with van der Waals surface area (Å²) in [6.45, 7) is 0. The van der Waals surface area contributed by atoms with E-state index in [0.717, 1.165) is 145 Å². The van der Waals surface area contributed by atoms with Crippen LogP contribution in [-0.2, 0) is 0 Å². The molecular weight excluding hydrogens is 929 g/mol. The molecule has 8 heterocycles. The Morgan fingerprint density at radius 1 is 0.316 bits per heavy atom. The van der Waals surface area contributed by atoms with E-state index in [-0.39, 0.29) is 0 Å². The summed E-state index contributed by atoms with van der Waals surface area (Å²) in [4.78, 5) is 19.0. The maximum Gasteiger partial charge on any atom is 0.151 e. The number of rotatable bonds is 6. The van der Waals surface area contributed by atoms with Gasteiger partial charge in [0.2, 0.25) is 0 Å². The lowest BCUT2D eigenvalue weighted by Gasteiger charge is -2.33. The van der Waals surface area contributed by atoms with E-state index in [1.165, 1.54) is 16.5 Å². The van der Waals surface area contributed by atoms with Gasteiger partial charge in [0.05, 0.1) is 78.8 Å². The van der Waals surface area contributed by atoms with Crippen molar-refractivity contribution in [2.24, 2.45) is 0 Å². The van der Waals surface area contributed by atoms with Crippen LogP contribution in [0.4, 0.5) is 17.1 Å². The van der Waals surface area contributed by atoms with Gasteiger partial charge in [0.1, 0.15) is 0 Å². The van der Waals surface area contributed by atoms with Crippen molar-refractivity contribution in [3.05, 3.63) is 243 Å². The molecule has 0 aliphatic carbocycles. The minimum atomic E-state index is 0.805. The van der Waals surface area contributed by atoms with Crippen LogP contribution in [0.2, 0.25) is 0 Å². The van der Waals surface area contributed by atoms with Gasteiger partial charge in [-0.05, 0) is 89.5 Å². The van der Waals surface area contributed by atoms with Gasteiger partial charge in [-0.3, -0.25) is 4.98 Å². The Morgan fingerprint density at radius 3 is 1.39 bits per heavy atom. The summed E-state index contributed by atoms with van der Waals surface area (Å²) in [5, 5.41) is 6.70. The molecule has 0 saturated heterocycles. The molecule has 17 rings (SSSR count). The van der Waals surface area contributed by atoms with Crippen LogP contribution in [0.3, 0.4) is 0 Å². The minimum Gasteiger partial charge on any atom is -0.453 e. The highest BCUT2D eigenvalue weighted by atomic mass is 16.5. The molecule has 1 aliphatic rings. The van der Waals surface area contributed by atoms with Crippen molar-refractivity contribution in [2.75, 3.05) is 4.90 Å². The van der Waals surface area contributed by atoms with E-state index >= 15 is 0 Å². The molecule has 0 amide bonds. The van der Waals surface area contributed by atoms with Gasteiger partial charge in [0.25, 0.3) is 0 Å². The van der Waals surface area contributed by atoms with Gasteiger partial charge in [-0.1, -0.05) is 164 Å². The maximum atomic E-state index is 6.55. The van der Waals surface area contributed by atoms with E-state index in [9.17, 15) is 0 Å². The van der Waals surface area contributed by atoms with Gasteiger partial charge in [-0.25, -0.2) is 9.97 Å². The van der Waals surface area contributed by atoms with Crippen LogP contribution in [0.1, 0.15) is 0 Å². The van der Waals surface area contributed by atoms with Crippen molar-refractivity contribution in [2.45, 2.75) is 0 Å². The number of fused-ring (bicyclic) bond motifs is 14. The number of ether oxygens (including phenoxy) is 1. The molecule has 1 aliphatic heterocycles. The first kappa shape index (κ1) is 41.1. The molecule has 0 unspecified atom stereocenters. The van der Waals surface area contributed by atoms with Crippen LogP contribution in [0.15, 0.2) is 243 Å². The normalized spacial score (nSPS) is 12.6. The number of para-hydroxylation sites is 4. The van der Waals surface area contributed by atoms with Crippen molar-refractivity contribution >= 4 is 93.5 Å². The lowest BCUT2D eigenvalue weighted by Crippen LogP contribution is -2.15. The van der Waals surface area contributed by atoms with Crippen molar-refractivity contribution in [1.82, 2.24) is 23.8 Å². The molecule has 0 spiro atoms. The van der Waals surface area contributed by atoms with Crippen LogP contribution in [0.25, 0.3) is 132 Å². The van der Waals surface area contributed by atoms with Crippen molar-refractivity contribution in [1.29, 1.82) is 0 Å². The fourth-order valence-electron chi connectivity index (χ4n) is 12.4. The number of aromatic nitrogens is 5. The number of hydrogen-bond donors (Lipinski definition) is 0. The van der Waals surface area contributed by atoms with Crippen LogP contribution < -0.4 is 9.64 Å². The second-order valence-corrected chi connectivity index (χ2v) is 19.9. The largest absolute Gasteiger partial charge is 0.453 e. The Balaban J connectivity index is 1.07. The molecule has 7 nitrogen and oxygen atoms in total. The van der Waals surface area contributed by atoms with Crippen molar-refractivity contribution in [3.8, 4) is 67.5 Å². The molecule has 0 atom stereocenters. The Kier molecular flexibility index (Phi) is 8.43. The number of pyridine rings is 3. The summed E-state index contributed by atoms with van der Waals surface area (Å²) in [6.07, 6.45) is 2.07. The molecule has 0 radical (unpaired) electrons. The summed E-state index contributed by atoms with van der Waals surface area (Å²) in [6, 6.07) is 84.2. The molecule has 0 N–H and O–H groups in total. The molecule has 7 aromatic heterocycles. The predicted molar refractivity (Wildman–Crippen MR) is 311 cm³/mol. The second-order valence-electron chi connectivity index (χ2n) is 19.9. The Labute approximate surface area is 435 Å². The average molecular weight is 969 g/mol. The third-order valence-corrected chi connectivity index (χ3v) is 15.7. The highest BCUT2D eigenvalue weighted by Crippen LogP contribution is 2.53. The van der Waals surface area contributed by atoms with Crippen LogP contribution in [0.5, 0.6) is 11.5 Å². The standard InChI is InChI=1S/C69H40N6O/c1-5-18-41(19-6-1)45-32-33-57-48(35-45)50-38-55(43-22-9-3-10-23-43)71-64-52-36-53-65-69-51(39-56(72-65)44-24-11-4-12-25-44)49-37-54(42-20-7-2-8-21-42)70-40-60(49)75(69)67(53)63(66(52)74(57)68(50)64)46-26-17-27-47(34-46)73-58-28-13-15-30-61(58)76-62-31-16-14-29-59(62)73/h1-40H. The smallest absolute Gasteiger partial charge is 0.151 e. The van der Waals surface area contributed by atoms with E-state index in [1.54, 1.807) is 0 Å². The maximum absolute atomic E-state index is 6.55. The molecule has 76 heavy (non-hydrogen) atoms. The van der Waals surface area contributed by atoms with E-state index < -0.39 is 0 Å². The zero-order valence-electron chi connectivity index (χ0n) is 40.7. The summed E-state index contributed by atoms with van der Waals surface area (Å²) in [5.41, 5.74) is 21.7. The van der Waals surface area contributed by atoms with Gasteiger partial charge in [0.15, 0.2) is 11.5 Å². The lowest BCUT2D eigenvalue weighted by atomic mass is 9.97. The van der Waals surface area contributed by atoms with Crippen LogP contribution in [-0.4, -0.2) is 23.8 Å². The highest BCUT2D eigenvalue weighted by molar-refractivity contribution is 6.32. The first-order chi connectivity index (χ1) is 37.7. The topological polar surface area (TPSA) is 60.0 Å². The van der Waals surface area contributed by atoms with E-state index in [2.05, 4.69) is 232 Å². The number of anilines is 3. The van der Waals surface area contributed by atoms with Crippen LogP contribution >= 0.6 is 0 Å². The van der Waals surface area contributed by atoms with Gasteiger partial charge in [-0.15, -0.1) is 0 Å². The van der Waals surface area contributed by atoms with E-state index in [1.807, 2.05) is 24.3 Å². The molecule has 16 aromatic rings. The molecule has 0 saturated carbocycles. The molecule has 0 bridgehead atoms. The summed E-state index contributed by atoms with van der Waals surface area (Å²) < 4.78 is 11.5. The molecule has 0 fully saturated rings. The van der Waals surface area contributed by atoms with Gasteiger partial charge in [-0.2, -0.15) is 0 Å². The fourth-order valence-corrected chi connectivity index (χ4v) is 12.4. The number of benzene rings is 9. The summed E-state index contributed by atoms with van der Waals surface area (Å²) >= 11 is 0. The number of nitrogens with zero attached hydrogens (tertiary/aromatic N) is 6. The molecule has 7 heteroatoms. The van der Waals surface area contributed by atoms with Crippen LogP contribution in [0, 0.1) is 0 Å². The van der Waals surface area contributed by atoms with Crippen molar-refractivity contribution < 1.29 is 4.74 Å². The first-order valence-electron chi connectivity index (χ1n) is 25.8. The predicted octanol–water partition coefficient (Wildman–Crippen LogP) is 18.1. The quantitative estimate of drug-likeness (QED) is 0.166. The zero-order valence-corrected chi connectivity index (χ0v) is 40.7. The highest BCUT2D eigenvalue weighted by Gasteiger charge is 2.31.